The summed E-state index contributed by atoms with van der Waals surface area (Å²) < 4.78 is 2.14. The molecule has 0 spiro atoms. The van der Waals surface area contributed by atoms with E-state index in [0.29, 0.717) is 90.4 Å². The summed E-state index contributed by atoms with van der Waals surface area (Å²) in [6.45, 7) is 15.9. The van der Waals surface area contributed by atoms with Crippen molar-refractivity contribution in [3.05, 3.63) is 258 Å². The second kappa shape index (κ2) is 19.8. The molecule has 0 amide bonds. The van der Waals surface area contributed by atoms with E-state index in [2.05, 4.69) is 38.5 Å². The maximum Gasteiger partial charge on any atom is 0.177 e. The minimum Gasteiger partial charge on any atom is -0.308 e. The predicted octanol–water partition coefficient (Wildman–Crippen LogP) is 16.4. The third kappa shape index (κ3) is 8.84. The van der Waals surface area contributed by atoms with Crippen molar-refractivity contribution in [2.24, 2.45) is 0 Å². The van der Waals surface area contributed by atoms with Gasteiger partial charge >= 0.3 is 0 Å². The Hall–Kier alpha value is -11.6. The summed E-state index contributed by atoms with van der Waals surface area (Å²) in [5.74, 6) is 0.658. The molecular formula is C67H36N10. The SMILES string of the molecule is [C-]#[N+]c1cc([N+]#[C-])cc(-c2ccc3c4ccc(-c5cc(C#N)cc(C#N)c5)cc4n(-c4c(-c5nc(-c6ccccc6)cc(-c6ccccc6)n5)cc(C#N)cc4-c4nc(-c5ccccc5)cc(-c5ccccc5)n4)c3c2)c1. The molecule has 3 heterocycles. The van der Waals surface area contributed by atoms with Crippen LogP contribution in [0.5, 0.6) is 0 Å². The number of nitrogens with zero attached hydrogens (tertiary/aromatic N) is 10. The minimum atomic E-state index is 0.311. The van der Waals surface area contributed by atoms with Gasteiger partial charge in [-0.25, -0.2) is 29.6 Å². The molecule has 0 unspecified atom stereocenters. The van der Waals surface area contributed by atoms with Crippen LogP contribution < -0.4 is 0 Å². The van der Waals surface area contributed by atoms with Gasteiger partial charge in [-0.1, -0.05) is 164 Å². The average molecular weight is 981 g/mol. The highest BCUT2D eigenvalue weighted by molar-refractivity contribution is 6.12. The monoisotopic (exact) mass is 980 g/mol. The van der Waals surface area contributed by atoms with Crippen molar-refractivity contribution in [2.45, 2.75) is 0 Å². The zero-order valence-electron chi connectivity index (χ0n) is 40.8. The third-order valence-electron chi connectivity index (χ3n) is 13.5. The lowest BCUT2D eigenvalue weighted by Crippen LogP contribution is -2.07. The Morgan fingerprint density at radius 1 is 0.338 bits per heavy atom. The highest BCUT2D eigenvalue weighted by Crippen LogP contribution is 2.45. The topological polar surface area (TPSA) is 137 Å². The average Bonchev–Trinajstić information content (AvgIpc) is 4.07. The molecular weight excluding hydrogens is 945 g/mol. The van der Waals surface area contributed by atoms with Gasteiger partial charge in [-0.3, -0.25) is 0 Å². The molecule has 0 atom stereocenters. The van der Waals surface area contributed by atoms with Gasteiger partial charge < -0.3 is 4.57 Å². The number of rotatable bonds is 9. The molecule has 12 rings (SSSR count). The van der Waals surface area contributed by atoms with Crippen molar-refractivity contribution >= 4 is 33.2 Å². The van der Waals surface area contributed by atoms with Crippen LogP contribution in [-0.4, -0.2) is 24.5 Å². The fourth-order valence-corrected chi connectivity index (χ4v) is 9.88. The molecule has 12 aromatic rings. The molecule has 3 aromatic heterocycles. The van der Waals surface area contributed by atoms with Crippen LogP contribution in [0.2, 0.25) is 0 Å². The fraction of sp³-hybridized carbons (Fsp3) is 0. The Morgan fingerprint density at radius 2 is 0.688 bits per heavy atom. The number of aromatic nitrogens is 5. The van der Waals surface area contributed by atoms with E-state index in [9.17, 15) is 15.8 Å². The van der Waals surface area contributed by atoms with Gasteiger partial charge in [0.25, 0.3) is 0 Å². The molecule has 9 aromatic carbocycles. The van der Waals surface area contributed by atoms with Crippen molar-refractivity contribution in [1.29, 1.82) is 15.8 Å². The van der Waals surface area contributed by atoms with E-state index in [-0.39, 0.29) is 0 Å². The van der Waals surface area contributed by atoms with Gasteiger partial charge in [-0.05, 0) is 76.9 Å². The standard InChI is InChI=1S/C67H36N10/c1-71-53-32-52(33-54(36-53)72-2)50-24-26-56-55-25-23-49(51-28-42(39-68)27-43(29-51)40-69)34-63(55)77(64(56)35-50)65-57(66-73-59(45-15-7-3-8-16-45)37-60(74-66)46-17-9-4-10-18-46)30-44(41-70)31-58(65)67-75-61(47-19-11-5-12-20-47)38-62(76-67)48-21-13-6-14-22-48/h3-38H. The second-order valence-corrected chi connectivity index (χ2v) is 18.2. The largest absolute Gasteiger partial charge is 0.308 e. The summed E-state index contributed by atoms with van der Waals surface area (Å²) in [7, 11) is 0. The molecule has 354 valence electrons. The van der Waals surface area contributed by atoms with Crippen LogP contribution in [0.4, 0.5) is 11.4 Å². The van der Waals surface area contributed by atoms with E-state index in [1.54, 1.807) is 36.4 Å². The van der Waals surface area contributed by atoms with Crippen molar-refractivity contribution in [1.82, 2.24) is 24.5 Å². The van der Waals surface area contributed by atoms with Gasteiger partial charge in [0.05, 0.1) is 87.5 Å². The zero-order chi connectivity index (χ0) is 52.4. The molecule has 77 heavy (non-hydrogen) atoms. The molecule has 10 nitrogen and oxygen atoms in total. The lowest BCUT2D eigenvalue weighted by atomic mass is 9.98. The number of fused-ring (bicyclic) bond motifs is 3. The summed E-state index contributed by atoms with van der Waals surface area (Å²) in [5, 5.41) is 33.1. The first-order valence-electron chi connectivity index (χ1n) is 24.4. The third-order valence-corrected chi connectivity index (χ3v) is 13.5. The first-order chi connectivity index (χ1) is 37.9. The van der Waals surface area contributed by atoms with Crippen molar-refractivity contribution < 1.29 is 0 Å². The smallest absolute Gasteiger partial charge is 0.177 e. The molecule has 0 aliphatic rings. The maximum absolute atomic E-state index is 11.1. The van der Waals surface area contributed by atoms with E-state index in [0.717, 1.165) is 55.2 Å². The van der Waals surface area contributed by atoms with E-state index < -0.39 is 0 Å². The Morgan fingerprint density at radius 3 is 1.04 bits per heavy atom. The molecule has 10 heteroatoms. The summed E-state index contributed by atoms with van der Waals surface area (Å²) >= 11 is 0. The lowest BCUT2D eigenvalue weighted by Gasteiger charge is -2.20. The van der Waals surface area contributed by atoms with Crippen LogP contribution in [-0.2, 0) is 0 Å². The molecule has 0 saturated heterocycles. The minimum absolute atomic E-state index is 0.311. The van der Waals surface area contributed by atoms with Crippen LogP contribution >= 0.6 is 0 Å². The molecule has 0 radical (unpaired) electrons. The Balaban J connectivity index is 1.27. The van der Waals surface area contributed by atoms with Gasteiger partial charge in [0.1, 0.15) is 0 Å². The highest BCUT2D eigenvalue weighted by atomic mass is 15.0. The summed E-state index contributed by atoms with van der Waals surface area (Å²) in [6.07, 6.45) is 0. The first kappa shape index (κ1) is 46.5. The number of benzene rings is 9. The van der Waals surface area contributed by atoms with E-state index in [1.165, 1.54) is 0 Å². The molecule has 0 saturated carbocycles. The molecule has 0 bridgehead atoms. The molecule has 0 N–H and O–H groups in total. The van der Waals surface area contributed by atoms with Crippen LogP contribution in [0.25, 0.3) is 127 Å². The number of hydrogen-bond donors (Lipinski definition) is 0. The Kier molecular flexibility index (Phi) is 11.9. The molecule has 0 aliphatic heterocycles. The van der Waals surface area contributed by atoms with Gasteiger partial charge in [0, 0.05) is 44.2 Å². The van der Waals surface area contributed by atoms with Crippen LogP contribution in [0, 0.1) is 47.1 Å². The Bertz CT molecular complexity index is 4090. The van der Waals surface area contributed by atoms with Gasteiger partial charge in [0.15, 0.2) is 23.0 Å². The highest BCUT2D eigenvalue weighted by Gasteiger charge is 2.27. The fourth-order valence-electron chi connectivity index (χ4n) is 9.88. The molecule has 0 fully saturated rings. The van der Waals surface area contributed by atoms with E-state index in [1.807, 2.05) is 176 Å². The number of hydrogen-bond acceptors (Lipinski definition) is 7. The van der Waals surface area contributed by atoms with Gasteiger partial charge in [-0.15, -0.1) is 0 Å². The predicted molar refractivity (Wildman–Crippen MR) is 302 cm³/mol. The van der Waals surface area contributed by atoms with Crippen molar-refractivity contribution in [3.63, 3.8) is 0 Å². The van der Waals surface area contributed by atoms with Crippen molar-refractivity contribution in [3.8, 4) is 114 Å². The quantitative estimate of drug-likeness (QED) is 0.131. The summed E-state index contributed by atoms with van der Waals surface area (Å²) in [5.41, 5.74) is 13.6. The Labute approximate surface area is 443 Å². The van der Waals surface area contributed by atoms with Gasteiger partial charge in [-0.2, -0.15) is 15.8 Å². The van der Waals surface area contributed by atoms with Crippen LogP contribution in [0.15, 0.2) is 218 Å². The van der Waals surface area contributed by atoms with Crippen LogP contribution in [0.1, 0.15) is 16.7 Å². The molecule has 0 aliphatic carbocycles. The first-order valence-corrected chi connectivity index (χ1v) is 24.4. The van der Waals surface area contributed by atoms with E-state index >= 15 is 0 Å². The maximum atomic E-state index is 11.1. The second-order valence-electron chi connectivity index (χ2n) is 18.2. The number of nitriles is 3. The van der Waals surface area contributed by atoms with Gasteiger partial charge in [0.2, 0.25) is 0 Å². The summed E-state index contributed by atoms with van der Waals surface area (Å²) in [6, 6.07) is 76.5. The van der Waals surface area contributed by atoms with E-state index in [4.69, 9.17) is 33.1 Å². The summed E-state index contributed by atoms with van der Waals surface area (Å²) in [4.78, 5) is 29.0. The van der Waals surface area contributed by atoms with Crippen molar-refractivity contribution in [2.75, 3.05) is 0 Å². The van der Waals surface area contributed by atoms with Crippen LogP contribution in [0.3, 0.4) is 0 Å². The zero-order valence-corrected chi connectivity index (χ0v) is 40.8. The normalized spacial score (nSPS) is 10.8. The lowest BCUT2D eigenvalue weighted by molar-refractivity contribution is 1.12.